The Morgan fingerprint density at radius 1 is 0.964 bits per heavy atom. The SMILES string of the molecule is Cn1c(NCCCCN2CCN(c3ccc(F)cc3)CC2)cc(=O)n(C)c1=O. The summed E-state index contributed by atoms with van der Waals surface area (Å²) in [7, 11) is 3.13. The maximum Gasteiger partial charge on any atom is 0.332 e. The van der Waals surface area contributed by atoms with Crippen molar-refractivity contribution in [2.45, 2.75) is 12.8 Å². The minimum atomic E-state index is -0.325. The van der Waals surface area contributed by atoms with Crippen molar-refractivity contribution in [2.75, 3.05) is 49.5 Å². The van der Waals surface area contributed by atoms with Crippen LogP contribution in [0, 0.1) is 5.82 Å². The van der Waals surface area contributed by atoms with Crippen LogP contribution in [-0.4, -0.2) is 53.3 Å². The lowest BCUT2D eigenvalue weighted by atomic mass is 10.2. The quantitative estimate of drug-likeness (QED) is 0.722. The van der Waals surface area contributed by atoms with E-state index in [4.69, 9.17) is 0 Å². The maximum absolute atomic E-state index is 13.0. The molecule has 1 aromatic heterocycles. The molecule has 7 nitrogen and oxygen atoms in total. The summed E-state index contributed by atoms with van der Waals surface area (Å²) >= 11 is 0. The highest BCUT2D eigenvalue weighted by atomic mass is 19.1. The van der Waals surface area contributed by atoms with Crippen molar-refractivity contribution in [3.63, 3.8) is 0 Å². The summed E-state index contributed by atoms with van der Waals surface area (Å²) in [4.78, 5) is 28.4. The predicted molar refractivity (Wildman–Crippen MR) is 110 cm³/mol. The van der Waals surface area contributed by atoms with Crippen molar-refractivity contribution >= 4 is 11.5 Å². The Labute approximate surface area is 164 Å². The first kappa shape index (κ1) is 20.1. The lowest BCUT2D eigenvalue weighted by molar-refractivity contribution is 0.254. The largest absolute Gasteiger partial charge is 0.371 e. The van der Waals surface area contributed by atoms with Crippen molar-refractivity contribution in [1.29, 1.82) is 0 Å². The Kier molecular flexibility index (Phi) is 6.51. The van der Waals surface area contributed by atoms with Crippen LogP contribution in [0.15, 0.2) is 39.9 Å². The van der Waals surface area contributed by atoms with Gasteiger partial charge in [0.25, 0.3) is 5.56 Å². The van der Waals surface area contributed by atoms with Crippen molar-refractivity contribution in [2.24, 2.45) is 14.1 Å². The van der Waals surface area contributed by atoms with Crippen LogP contribution in [0.25, 0.3) is 0 Å². The summed E-state index contributed by atoms with van der Waals surface area (Å²) in [5.74, 6) is 0.355. The number of nitrogens with zero attached hydrogens (tertiary/aromatic N) is 4. The molecule has 8 heteroatoms. The molecule has 1 saturated heterocycles. The fourth-order valence-electron chi connectivity index (χ4n) is 3.46. The molecule has 3 rings (SSSR count). The Bertz CT molecular complexity index is 898. The number of anilines is 2. The number of hydrogen-bond acceptors (Lipinski definition) is 5. The van der Waals surface area contributed by atoms with Crippen molar-refractivity contribution in [1.82, 2.24) is 14.0 Å². The summed E-state index contributed by atoms with van der Waals surface area (Å²) in [6.07, 6.45) is 2.00. The standard InChI is InChI=1S/C20H28FN5O2/c1-23-18(15-19(27)24(2)20(23)28)22-9-3-4-10-25-11-13-26(14-12-25)17-7-5-16(21)6-8-17/h5-8,15,22H,3-4,9-14H2,1-2H3. The Hall–Kier alpha value is -2.61. The monoisotopic (exact) mass is 389 g/mol. The van der Waals surface area contributed by atoms with Gasteiger partial charge < -0.3 is 10.2 Å². The van der Waals surface area contributed by atoms with E-state index in [1.54, 1.807) is 7.05 Å². The fraction of sp³-hybridized carbons (Fsp3) is 0.500. The van der Waals surface area contributed by atoms with Crippen LogP contribution in [0.4, 0.5) is 15.9 Å². The zero-order valence-corrected chi connectivity index (χ0v) is 16.5. The average Bonchev–Trinajstić information content (AvgIpc) is 2.71. The lowest BCUT2D eigenvalue weighted by Crippen LogP contribution is -2.46. The molecular formula is C20H28FN5O2. The molecule has 1 N–H and O–H groups in total. The molecule has 2 heterocycles. The second-order valence-corrected chi connectivity index (χ2v) is 7.21. The van der Waals surface area contributed by atoms with E-state index < -0.39 is 0 Å². The first-order chi connectivity index (χ1) is 13.5. The molecule has 0 unspecified atom stereocenters. The molecule has 0 spiro atoms. The molecule has 0 atom stereocenters. The number of piperazine rings is 1. The minimum Gasteiger partial charge on any atom is -0.371 e. The number of benzene rings is 1. The minimum absolute atomic E-state index is 0.202. The predicted octanol–water partition coefficient (Wildman–Crippen LogP) is 1.24. The molecule has 0 radical (unpaired) electrons. The van der Waals surface area contributed by atoms with Crippen LogP contribution in [0.3, 0.4) is 0 Å². The highest BCUT2D eigenvalue weighted by molar-refractivity contribution is 5.46. The lowest BCUT2D eigenvalue weighted by Gasteiger charge is -2.36. The number of hydrogen-bond donors (Lipinski definition) is 1. The van der Waals surface area contributed by atoms with E-state index in [0.29, 0.717) is 5.82 Å². The van der Waals surface area contributed by atoms with Gasteiger partial charge >= 0.3 is 5.69 Å². The first-order valence-electron chi connectivity index (χ1n) is 9.69. The van der Waals surface area contributed by atoms with Gasteiger partial charge in [-0.05, 0) is 43.7 Å². The fourth-order valence-corrected chi connectivity index (χ4v) is 3.46. The van der Waals surface area contributed by atoms with Gasteiger partial charge in [0, 0.05) is 58.6 Å². The maximum atomic E-state index is 13.0. The number of aromatic nitrogens is 2. The molecular weight excluding hydrogens is 361 g/mol. The highest BCUT2D eigenvalue weighted by Gasteiger charge is 2.16. The molecule has 1 aromatic carbocycles. The molecule has 0 amide bonds. The van der Waals surface area contributed by atoms with Crippen molar-refractivity contribution in [3.8, 4) is 0 Å². The van der Waals surface area contributed by atoms with Crippen LogP contribution in [0.1, 0.15) is 12.8 Å². The van der Waals surface area contributed by atoms with Crippen molar-refractivity contribution < 1.29 is 4.39 Å². The third kappa shape index (κ3) is 4.81. The van der Waals surface area contributed by atoms with Crippen LogP contribution >= 0.6 is 0 Å². The van der Waals surface area contributed by atoms with Gasteiger partial charge in [0.2, 0.25) is 0 Å². The van der Waals surface area contributed by atoms with Crippen LogP contribution in [0.2, 0.25) is 0 Å². The first-order valence-corrected chi connectivity index (χ1v) is 9.69. The van der Waals surface area contributed by atoms with Gasteiger partial charge in [-0.1, -0.05) is 0 Å². The number of halogens is 1. The zero-order chi connectivity index (χ0) is 20.1. The van der Waals surface area contributed by atoms with Crippen LogP contribution in [-0.2, 0) is 14.1 Å². The number of rotatable bonds is 7. The van der Waals surface area contributed by atoms with Gasteiger partial charge in [-0.3, -0.25) is 18.8 Å². The van der Waals surface area contributed by atoms with Crippen LogP contribution < -0.4 is 21.5 Å². The van der Waals surface area contributed by atoms with E-state index in [0.717, 1.165) is 62.4 Å². The molecule has 28 heavy (non-hydrogen) atoms. The number of nitrogens with one attached hydrogen (secondary N) is 1. The summed E-state index contributed by atoms with van der Waals surface area (Å²) in [6.45, 7) is 5.62. The van der Waals surface area contributed by atoms with Gasteiger partial charge in [-0.2, -0.15) is 0 Å². The van der Waals surface area contributed by atoms with E-state index in [-0.39, 0.29) is 17.1 Å². The third-order valence-electron chi connectivity index (χ3n) is 5.30. The zero-order valence-electron chi connectivity index (χ0n) is 16.5. The van der Waals surface area contributed by atoms with E-state index in [1.807, 2.05) is 12.1 Å². The summed E-state index contributed by atoms with van der Waals surface area (Å²) in [5.41, 5.74) is 0.448. The second kappa shape index (κ2) is 9.05. The summed E-state index contributed by atoms with van der Waals surface area (Å²) in [5, 5.41) is 3.18. The Morgan fingerprint density at radius 3 is 2.32 bits per heavy atom. The van der Waals surface area contributed by atoms with E-state index in [1.165, 1.54) is 29.8 Å². The molecule has 152 valence electrons. The number of unbranched alkanes of at least 4 members (excludes halogenated alkanes) is 1. The normalized spacial score (nSPS) is 15.0. The average molecular weight is 389 g/mol. The Balaban J connectivity index is 1.37. The van der Waals surface area contributed by atoms with Crippen molar-refractivity contribution in [3.05, 3.63) is 57.0 Å². The van der Waals surface area contributed by atoms with Crippen LogP contribution in [0.5, 0.6) is 0 Å². The van der Waals surface area contributed by atoms with E-state index >= 15 is 0 Å². The smallest absolute Gasteiger partial charge is 0.332 e. The molecule has 1 fully saturated rings. The third-order valence-corrected chi connectivity index (χ3v) is 5.30. The van der Waals surface area contributed by atoms with E-state index in [2.05, 4.69) is 15.1 Å². The molecule has 0 aliphatic carbocycles. The summed E-state index contributed by atoms with van der Waals surface area (Å²) in [6, 6.07) is 8.14. The summed E-state index contributed by atoms with van der Waals surface area (Å²) < 4.78 is 15.6. The van der Waals surface area contributed by atoms with Gasteiger partial charge in [0.05, 0.1) is 0 Å². The highest BCUT2D eigenvalue weighted by Crippen LogP contribution is 2.17. The molecule has 1 aliphatic rings. The van der Waals surface area contributed by atoms with E-state index in [9.17, 15) is 14.0 Å². The van der Waals surface area contributed by atoms with Gasteiger partial charge in [-0.15, -0.1) is 0 Å². The Morgan fingerprint density at radius 2 is 1.64 bits per heavy atom. The van der Waals surface area contributed by atoms with Gasteiger partial charge in [-0.25, -0.2) is 9.18 Å². The molecule has 0 bridgehead atoms. The second-order valence-electron chi connectivity index (χ2n) is 7.21. The topological polar surface area (TPSA) is 62.5 Å². The molecule has 1 aliphatic heterocycles. The van der Waals surface area contributed by atoms with Gasteiger partial charge in [0.15, 0.2) is 0 Å². The van der Waals surface area contributed by atoms with Gasteiger partial charge in [0.1, 0.15) is 11.6 Å². The molecule has 2 aromatic rings. The molecule has 0 saturated carbocycles.